The fourth-order valence-electron chi connectivity index (χ4n) is 1.08. The summed E-state index contributed by atoms with van der Waals surface area (Å²) in [5.74, 6) is 0. The lowest BCUT2D eigenvalue weighted by atomic mass is 10.4. The molecule has 1 atom stereocenters. The fraction of sp³-hybridized carbons (Fsp3) is 0.667. The summed E-state index contributed by atoms with van der Waals surface area (Å²) >= 11 is 0. The first-order chi connectivity index (χ1) is 7.49. The third kappa shape index (κ3) is 3.29. The van der Waals surface area contributed by atoms with Crippen molar-refractivity contribution in [2.75, 3.05) is 13.6 Å². The maximum Gasteiger partial charge on any atom is 0.243 e. The zero-order chi connectivity index (χ0) is 12.2. The summed E-state index contributed by atoms with van der Waals surface area (Å²) in [5.41, 5.74) is 0. The predicted octanol–water partition coefficient (Wildman–Crippen LogP) is -0.211. The molecule has 0 aliphatic rings. The molecule has 2 N–H and O–H groups in total. The van der Waals surface area contributed by atoms with Crippen molar-refractivity contribution in [3.63, 3.8) is 0 Å². The molecule has 1 heterocycles. The van der Waals surface area contributed by atoms with Crippen LogP contribution in [0.15, 0.2) is 17.3 Å². The van der Waals surface area contributed by atoms with E-state index in [1.54, 1.807) is 11.7 Å². The highest BCUT2D eigenvalue weighted by Crippen LogP contribution is 2.06. The van der Waals surface area contributed by atoms with Gasteiger partial charge in [0.15, 0.2) is 0 Å². The molecule has 6 nitrogen and oxygen atoms in total. The first-order valence-electron chi connectivity index (χ1n) is 5.19. The lowest BCUT2D eigenvalue weighted by Gasteiger charge is -2.10. The number of hydrogen-bond donors (Lipinski definition) is 2. The lowest BCUT2D eigenvalue weighted by molar-refractivity contribution is 0.554. The normalized spacial score (nSPS) is 13.9. The van der Waals surface area contributed by atoms with E-state index in [9.17, 15) is 8.42 Å². The monoisotopic (exact) mass is 246 g/mol. The van der Waals surface area contributed by atoms with Crippen LogP contribution in [0.4, 0.5) is 0 Å². The average Bonchev–Trinajstić information content (AvgIpc) is 2.75. The first kappa shape index (κ1) is 13.1. The second kappa shape index (κ2) is 5.42. The van der Waals surface area contributed by atoms with Crippen LogP contribution in [-0.2, 0) is 16.6 Å². The molecule has 92 valence electrons. The Balaban J connectivity index is 2.70. The highest BCUT2D eigenvalue weighted by atomic mass is 32.2. The summed E-state index contributed by atoms with van der Waals surface area (Å²) in [6.45, 7) is 4.82. The van der Waals surface area contributed by atoms with Gasteiger partial charge in [-0.2, -0.15) is 5.10 Å². The van der Waals surface area contributed by atoms with E-state index in [1.165, 1.54) is 12.4 Å². The van der Waals surface area contributed by atoms with Gasteiger partial charge in [-0.1, -0.05) is 0 Å². The second-order valence-corrected chi connectivity index (χ2v) is 5.34. The van der Waals surface area contributed by atoms with Crippen molar-refractivity contribution in [2.45, 2.75) is 31.3 Å². The topological polar surface area (TPSA) is 76.0 Å². The van der Waals surface area contributed by atoms with Crippen LogP contribution >= 0.6 is 0 Å². The highest BCUT2D eigenvalue weighted by molar-refractivity contribution is 7.89. The first-order valence-corrected chi connectivity index (χ1v) is 6.67. The molecule has 0 bridgehead atoms. The summed E-state index contributed by atoms with van der Waals surface area (Å²) < 4.78 is 27.7. The molecule has 16 heavy (non-hydrogen) atoms. The molecule has 0 aliphatic heterocycles. The molecule has 0 saturated carbocycles. The number of aryl methyl sites for hydroxylation is 1. The summed E-state index contributed by atoms with van der Waals surface area (Å²) in [6.07, 6.45) is 2.88. The van der Waals surface area contributed by atoms with Gasteiger partial charge in [-0.15, -0.1) is 0 Å². The van der Waals surface area contributed by atoms with Crippen molar-refractivity contribution in [1.82, 2.24) is 19.8 Å². The minimum absolute atomic E-state index is 0.0935. The Kier molecular flexibility index (Phi) is 4.45. The van der Waals surface area contributed by atoms with Crippen molar-refractivity contribution in [3.05, 3.63) is 12.4 Å². The van der Waals surface area contributed by atoms with Gasteiger partial charge in [0.1, 0.15) is 4.90 Å². The largest absolute Gasteiger partial charge is 0.316 e. The molecule has 1 unspecified atom stereocenters. The predicted molar refractivity (Wildman–Crippen MR) is 61.6 cm³/mol. The Labute approximate surface area is 96.1 Å². The third-order valence-corrected chi connectivity index (χ3v) is 3.69. The second-order valence-electron chi connectivity index (χ2n) is 3.57. The van der Waals surface area contributed by atoms with Crippen molar-refractivity contribution < 1.29 is 8.42 Å². The molecule has 0 aliphatic carbocycles. The van der Waals surface area contributed by atoms with E-state index >= 15 is 0 Å². The summed E-state index contributed by atoms with van der Waals surface area (Å²) in [4.78, 5) is 0.206. The SMILES string of the molecule is CCn1cc(S(=O)(=O)NCC(C)NC)cn1. The van der Waals surface area contributed by atoms with E-state index < -0.39 is 10.0 Å². The van der Waals surface area contributed by atoms with Gasteiger partial charge in [0, 0.05) is 25.3 Å². The van der Waals surface area contributed by atoms with Crippen molar-refractivity contribution >= 4 is 10.0 Å². The van der Waals surface area contributed by atoms with Crippen molar-refractivity contribution in [3.8, 4) is 0 Å². The quantitative estimate of drug-likeness (QED) is 0.728. The molecule has 1 aromatic rings. The molecule has 1 rings (SSSR count). The highest BCUT2D eigenvalue weighted by Gasteiger charge is 2.16. The molecule has 0 fully saturated rings. The van der Waals surface area contributed by atoms with Crippen LogP contribution in [0.5, 0.6) is 0 Å². The van der Waals surface area contributed by atoms with Crippen LogP contribution in [-0.4, -0.2) is 37.8 Å². The lowest BCUT2D eigenvalue weighted by Crippen LogP contribution is -2.37. The Bertz CT molecular complexity index is 426. The van der Waals surface area contributed by atoms with Gasteiger partial charge in [0.2, 0.25) is 10.0 Å². The van der Waals surface area contributed by atoms with E-state index in [1.807, 2.05) is 13.8 Å². The Morgan fingerprint density at radius 1 is 1.56 bits per heavy atom. The van der Waals surface area contributed by atoms with Gasteiger partial charge < -0.3 is 5.32 Å². The summed E-state index contributed by atoms with van der Waals surface area (Å²) in [5, 5.41) is 6.89. The molecule has 0 saturated heterocycles. The maximum atomic E-state index is 11.8. The molecular weight excluding hydrogens is 228 g/mol. The fourth-order valence-corrected chi connectivity index (χ4v) is 2.16. The maximum absolute atomic E-state index is 11.8. The van der Waals surface area contributed by atoms with Crippen molar-refractivity contribution in [1.29, 1.82) is 0 Å². The minimum Gasteiger partial charge on any atom is -0.316 e. The van der Waals surface area contributed by atoms with Crippen LogP contribution in [0.25, 0.3) is 0 Å². The Morgan fingerprint density at radius 2 is 2.25 bits per heavy atom. The standard InChI is InChI=1S/C9H18N4O2S/c1-4-13-7-9(6-11-13)16(14,15)12-5-8(2)10-3/h6-8,10,12H,4-5H2,1-3H3. The molecule has 0 amide bonds. The van der Waals surface area contributed by atoms with E-state index in [2.05, 4.69) is 15.1 Å². The van der Waals surface area contributed by atoms with Gasteiger partial charge in [-0.25, -0.2) is 13.1 Å². The minimum atomic E-state index is -3.43. The van der Waals surface area contributed by atoms with E-state index in [0.717, 1.165) is 0 Å². The number of rotatable bonds is 6. The van der Waals surface area contributed by atoms with Crippen LogP contribution in [0, 0.1) is 0 Å². The van der Waals surface area contributed by atoms with Gasteiger partial charge in [0.05, 0.1) is 6.20 Å². The number of likely N-dealkylation sites (N-methyl/N-ethyl adjacent to an activating group) is 1. The van der Waals surface area contributed by atoms with Crippen LogP contribution in [0.3, 0.4) is 0 Å². The Hall–Kier alpha value is -0.920. The third-order valence-electron chi connectivity index (χ3n) is 2.32. The van der Waals surface area contributed by atoms with Crippen molar-refractivity contribution in [2.24, 2.45) is 0 Å². The molecular formula is C9H18N4O2S. The van der Waals surface area contributed by atoms with Gasteiger partial charge in [-0.3, -0.25) is 4.68 Å². The van der Waals surface area contributed by atoms with Crippen LogP contribution < -0.4 is 10.0 Å². The molecule has 1 aromatic heterocycles. The van der Waals surface area contributed by atoms with E-state index in [-0.39, 0.29) is 10.9 Å². The van der Waals surface area contributed by atoms with E-state index in [4.69, 9.17) is 0 Å². The molecule has 0 aromatic carbocycles. The summed E-state index contributed by atoms with van der Waals surface area (Å²) in [7, 11) is -1.64. The van der Waals surface area contributed by atoms with Gasteiger partial charge >= 0.3 is 0 Å². The zero-order valence-electron chi connectivity index (χ0n) is 9.77. The van der Waals surface area contributed by atoms with Gasteiger partial charge in [0.25, 0.3) is 0 Å². The summed E-state index contributed by atoms with van der Waals surface area (Å²) in [6, 6.07) is 0.0935. The van der Waals surface area contributed by atoms with Crippen LogP contribution in [0.2, 0.25) is 0 Å². The number of sulfonamides is 1. The smallest absolute Gasteiger partial charge is 0.243 e. The molecule has 0 spiro atoms. The number of hydrogen-bond acceptors (Lipinski definition) is 4. The van der Waals surface area contributed by atoms with Gasteiger partial charge in [-0.05, 0) is 20.9 Å². The molecule has 7 heteroatoms. The average molecular weight is 246 g/mol. The van der Waals surface area contributed by atoms with E-state index in [0.29, 0.717) is 13.1 Å². The number of nitrogens with one attached hydrogen (secondary N) is 2. The Morgan fingerprint density at radius 3 is 2.75 bits per heavy atom. The molecule has 0 radical (unpaired) electrons. The number of nitrogens with zero attached hydrogens (tertiary/aromatic N) is 2. The zero-order valence-corrected chi connectivity index (χ0v) is 10.6. The van der Waals surface area contributed by atoms with Crippen LogP contribution in [0.1, 0.15) is 13.8 Å². The number of aromatic nitrogens is 2.